The lowest BCUT2D eigenvalue weighted by atomic mass is 10.1. The van der Waals surface area contributed by atoms with Crippen LogP contribution in [0.2, 0.25) is 0 Å². The van der Waals surface area contributed by atoms with E-state index in [9.17, 15) is 9.59 Å². The Morgan fingerprint density at radius 3 is 2.81 bits per heavy atom. The minimum atomic E-state index is -0.242. The van der Waals surface area contributed by atoms with Crippen LogP contribution in [0.1, 0.15) is 57.7 Å². The van der Waals surface area contributed by atoms with Gasteiger partial charge in [-0.2, -0.15) is 0 Å². The number of nitrogens with zero attached hydrogens (tertiary/aromatic N) is 2. The van der Waals surface area contributed by atoms with E-state index in [-0.39, 0.29) is 12.5 Å². The summed E-state index contributed by atoms with van der Waals surface area (Å²) in [6.45, 7) is 2.86. The zero-order chi connectivity index (χ0) is 15.3. The van der Waals surface area contributed by atoms with Crippen LogP contribution in [0.25, 0.3) is 0 Å². The molecule has 0 fully saturated rings. The molecule has 0 aliphatic heterocycles. The van der Waals surface area contributed by atoms with Crippen molar-refractivity contribution in [2.75, 3.05) is 6.61 Å². The fourth-order valence-electron chi connectivity index (χ4n) is 2.15. The van der Waals surface area contributed by atoms with Gasteiger partial charge < -0.3 is 14.1 Å². The second kappa shape index (κ2) is 11.1. The van der Waals surface area contributed by atoms with Gasteiger partial charge in [0.25, 0.3) is 0 Å². The molecule has 118 valence electrons. The van der Waals surface area contributed by atoms with Crippen molar-refractivity contribution < 1.29 is 14.3 Å². The minimum Gasteiger partial charge on any atom is -0.464 e. The highest BCUT2D eigenvalue weighted by Gasteiger charge is 2.08. The second-order valence-corrected chi connectivity index (χ2v) is 5.16. The largest absolute Gasteiger partial charge is 0.464 e. The number of esters is 1. The molecular formula is C16H26N2O3. The number of carbonyl (C=O) groups excluding carboxylic acids is 2. The molecule has 0 amide bonds. The van der Waals surface area contributed by atoms with E-state index >= 15 is 0 Å². The van der Waals surface area contributed by atoms with E-state index in [1.54, 1.807) is 17.0 Å². The first-order valence-electron chi connectivity index (χ1n) is 7.87. The number of hydrogen-bond acceptors (Lipinski definition) is 4. The van der Waals surface area contributed by atoms with Crippen LogP contribution in [0, 0.1) is 0 Å². The molecule has 21 heavy (non-hydrogen) atoms. The summed E-state index contributed by atoms with van der Waals surface area (Å²) in [5.41, 5.74) is 0. The first kappa shape index (κ1) is 17.4. The highest BCUT2D eigenvalue weighted by Crippen LogP contribution is 2.05. The van der Waals surface area contributed by atoms with Crippen molar-refractivity contribution in [1.29, 1.82) is 0 Å². The number of unbranched alkanes of at least 4 members (excludes halogenated alkanes) is 5. The SMILES string of the molecule is CCCCCCCCOC(=O)Cn1ccnc1CCC=O. The maximum absolute atomic E-state index is 11.7. The molecule has 0 aliphatic rings. The molecule has 0 radical (unpaired) electrons. The predicted molar refractivity (Wildman–Crippen MR) is 80.9 cm³/mol. The molecule has 0 saturated heterocycles. The van der Waals surface area contributed by atoms with E-state index in [0.29, 0.717) is 19.4 Å². The summed E-state index contributed by atoms with van der Waals surface area (Å²) in [5.74, 6) is 0.507. The van der Waals surface area contributed by atoms with E-state index in [1.807, 2.05) is 0 Å². The van der Waals surface area contributed by atoms with E-state index in [4.69, 9.17) is 4.74 Å². The number of rotatable bonds is 12. The van der Waals surface area contributed by atoms with Crippen LogP contribution in [0.15, 0.2) is 12.4 Å². The summed E-state index contributed by atoms with van der Waals surface area (Å²) in [6.07, 6.45) is 12.3. The number of imidazole rings is 1. The van der Waals surface area contributed by atoms with Crippen molar-refractivity contribution in [2.45, 2.75) is 64.8 Å². The van der Waals surface area contributed by atoms with E-state index in [1.165, 1.54) is 25.7 Å². The van der Waals surface area contributed by atoms with Crippen LogP contribution in [0.5, 0.6) is 0 Å². The molecule has 5 heteroatoms. The topological polar surface area (TPSA) is 61.2 Å². The Morgan fingerprint density at radius 1 is 1.29 bits per heavy atom. The smallest absolute Gasteiger partial charge is 0.325 e. The van der Waals surface area contributed by atoms with Gasteiger partial charge in [0.05, 0.1) is 6.61 Å². The van der Waals surface area contributed by atoms with Crippen molar-refractivity contribution in [1.82, 2.24) is 9.55 Å². The van der Waals surface area contributed by atoms with Gasteiger partial charge in [-0.3, -0.25) is 4.79 Å². The summed E-state index contributed by atoms with van der Waals surface area (Å²) in [7, 11) is 0. The third kappa shape index (κ3) is 7.63. The van der Waals surface area contributed by atoms with Crippen molar-refractivity contribution in [3.63, 3.8) is 0 Å². The molecule has 0 bridgehead atoms. The highest BCUT2D eigenvalue weighted by molar-refractivity contribution is 5.69. The molecule has 1 heterocycles. The van der Waals surface area contributed by atoms with Gasteiger partial charge in [-0.05, 0) is 6.42 Å². The standard InChI is InChI=1S/C16H26N2O3/c1-2-3-4-5-6-7-13-21-16(20)14-18-11-10-17-15(18)9-8-12-19/h10-12H,2-9,13-14H2,1H3. The molecule has 0 aromatic carbocycles. The minimum absolute atomic E-state index is 0.171. The normalized spacial score (nSPS) is 10.5. The van der Waals surface area contributed by atoms with E-state index in [2.05, 4.69) is 11.9 Å². The average molecular weight is 294 g/mol. The van der Waals surface area contributed by atoms with Crippen LogP contribution in [0.4, 0.5) is 0 Å². The molecule has 0 saturated carbocycles. The second-order valence-electron chi connectivity index (χ2n) is 5.16. The maximum atomic E-state index is 11.7. The van der Waals surface area contributed by atoms with Crippen molar-refractivity contribution in [3.8, 4) is 0 Å². The molecule has 0 N–H and O–H groups in total. The van der Waals surface area contributed by atoms with E-state index < -0.39 is 0 Å². The Labute approximate surface area is 126 Å². The van der Waals surface area contributed by atoms with Gasteiger partial charge in [0.15, 0.2) is 0 Å². The molecule has 1 aromatic rings. The van der Waals surface area contributed by atoms with Crippen LogP contribution < -0.4 is 0 Å². The number of hydrogen-bond donors (Lipinski definition) is 0. The molecular weight excluding hydrogens is 268 g/mol. The number of aldehydes is 1. The lowest BCUT2D eigenvalue weighted by Crippen LogP contribution is -2.16. The zero-order valence-electron chi connectivity index (χ0n) is 12.9. The summed E-state index contributed by atoms with van der Waals surface area (Å²) < 4.78 is 6.97. The highest BCUT2D eigenvalue weighted by atomic mass is 16.5. The average Bonchev–Trinajstić information content (AvgIpc) is 2.91. The molecule has 0 unspecified atom stereocenters. The van der Waals surface area contributed by atoms with Crippen LogP contribution >= 0.6 is 0 Å². The fourth-order valence-corrected chi connectivity index (χ4v) is 2.15. The van der Waals surface area contributed by atoms with Gasteiger partial charge >= 0.3 is 5.97 Å². The van der Waals surface area contributed by atoms with Gasteiger partial charge in [0.1, 0.15) is 18.7 Å². The monoisotopic (exact) mass is 294 g/mol. The van der Waals surface area contributed by atoms with Crippen molar-refractivity contribution in [3.05, 3.63) is 18.2 Å². The van der Waals surface area contributed by atoms with Gasteiger partial charge in [0, 0.05) is 25.2 Å². The molecule has 1 aromatic heterocycles. The van der Waals surface area contributed by atoms with Gasteiger partial charge in [-0.25, -0.2) is 4.98 Å². The van der Waals surface area contributed by atoms with Gasteiger partial charge in [0.2, 0.25) is 0 Å². The predicted octanol–water partition coefficient (Wildman–Crippen LogP) is 2.92. The molecule has 0 atom stereocenters. The molecule has 0 spiro atoms. The lowest BCUT2D eigenvalue weighted by molar-refractivity contribution is -0.144. The molecule has 5 nitrogen and oxygen atoms in total. The van der Waals surface area contributed by atoms with Crippen molar-refractivity contribution in [2.24, 2.45) is 0 Å². The number of aromatic nitrogens is 2. The third-order valence-corrected chi connectivity index (χ3v) is 3.35. The van der Waals surface area contributed by atoms with Crippen LogP contribution in [-0.2, 0) is 27.3 Å². The third-order valence-electron chi connectivity index (χ3n) is 3.35. The van der Waals surface area contributed by atoms with Gasteiger partial charge in [-0.1, -0.05) is 39.0 Å². The first-order chi connectivity index (χ1) is 10.3. The molecule has 1 rings (SSSR count). The summed E-state index contributed by atoms with van der Waals surface area (Å²) in [5, 5.41) is 0. The zero-order valence-corrected chi connectivity index (χ0v) is 12.9. The Kier molecular flexibility index (Phi) is 9.16. The first-order valence-corrected chi connectivity index (χ1v) is 7.87. The van der Waals surface area contributed by atoms with Gasteiger partial charge in [-0.15, -0.1) is 0 Å². The maximum Gasteiger partial charge on any atom is 0.325 e. The summed E-state index contributed by atoms with van der Waals surface area (Å²) in [6, 6.07) is 0. The van der Waals surface area contributed by atoms with Crippen LogP contribution in [-0.4, -0.2) is 28.4 Å². The summed E-state index contributed by atoms with van der Waals surface area (Å²) >= 11 is 0. The molecule has 0 aliphatic carbocycles. The van der Waals surface area contributed by atoms with Crippen LogP contribution in [0.3, 0.4) is 0 Å². The fraction of sp³-hybridized carbons (Fsp3) is 0.688. The number of carbonyl (C=O) groups is 2. The Bertz CT molecular complexity index is 415. The quantitative estimate of drug-likeness (QED) is 0.338. The van der Waals surface area contributed by atoms with E-state index in [0.717, 1.165) is 25.0 Å². The number of ether oxygens (including phenoxy) is 1. The lowest BCUT2D eigenvalue weighted by Gasteiger charge is -2.07. The Hall–Kier alpha value is -1.65. The van der Waals surface area contributed by atoms with Crippen molar-refractivity contribution >= 4 is 12.3 Å². The Morgan fingerprint density at radius 2 is 2.05 bits per heavy atom. The summed E-state index contributed by atoms with van der Waals surface area (Å²) in [4.78, 5) is 26.2. The number of aryl methyl sites for hydroxylation is 1. The Balaban J connectivity index is 2.16.